The Balaban J connectivity index is 0.753. The van der Waals surface area contributed by atoms with Crippen LogP contribution in [-0.2, 0) is 0 Å². The normalized spacial score (nSPS) is 11.4. The summed E-state index contributed by atoms with van der Waals surface area (Å²) < 4.78 is 4.98. The number of hydrogen-bond donors (Lipinski definition) is 0. The summed E-state index contributed by atoms with van der Waals surface area (Å²) in [6.45, 7) is 0. The van der Waals surface area contributed by atoms with Gasteiger partial charge >= 0.3 is 0 Å². The van der Waals surface area contributed by atoms with Crippen LogP contribution in [0.5, 0.6) is 0 Å². The summed E-state index contributed by atoms with van der Waals surface area (Å²) in [6.07, 6.45) is 0. The highest BCUT2D eigenvalue weighted by molar-refractivity contribution is 6.11. The van der Waals surface area contributed by atoms with Crippen molar-refractivity contribution in [3.05, 3.63) is 449 Å². The molecule has 4 heteroatoms. The molecule has 0 spiro atoms. The Bertz CT molecular complexity index is 6260. The lowest BCUT2D eigenvalue weighted by atomic mass is 9.94. The van der Waals surface area contributed by atoms with Crippen molar-refractivity contribution in [2.75, 3.05) is 9.80 Å². The van der Waals surface area contributed by atoms with Gasteiger partial charge in [-0.15, -0.1) is 0 Å². The molecular formula is C108H74N4. The molecule has 0 aliphatic rings. The van der Waals surface area contributed by atoms with Crippen LogP contribution in [0.4, 0.5) is 34.1 Å². The van der Waals surface area contributed by atoms with E-state index in [1.165, 1.54) is 32.7 Å². The number of hydrogen-bond acceptors (Lipinski definition) is 2. The highest BCUT2D eigenvalue weighted by atomic mass is 15.2. The highest BCUT2D eigenvalue weighted by Crippen LogP contribution is 2.50. The molecule has 526 valence electrons. The molecule has 0 amide bonds. The summed E-state index contributed by atoms with van der Waals surface area (Å²) in [5, 5.41) is 7.00. The molecule has 112 heavy (non-hydrogen) atoms. The van der Waals surface area contributed by atoms with E-state index >= 15 is 0 Å². The fourth-order valence-corrected chi connectivity index (χ4v) is 16.8. The van der Waals surface area contributed by atoms with Crippen molar-refractivity contribution in [2.45, 2.75) is 0 Å². The lowest BCUT2D eigenvalue weighted by molar-refractivity contribution is 1.13. The van der Waals surface area contributed by atoms with E-state index in [0.717, 1.165) is 157 Å². The molecule has 0 N–H and O–H groups in total. The van der Waals surface area contributed by atoms with Gasteiger partial charge in [0.2, 0.25) is 0 Å². The van der Waals surface area contributed by atoms with E-state index in [9.17, 15) is 0 Å². The van der Waals surface area contributed by atoms with Gasteiger partial charge in [0, 0.05) is 66.8 Å². The van der Waals surface area contributed by atoms with Crippen LogP contribution in [0.25, 0.3) is 155 Å². The summed E-state index contributed by atoms with van der Waals surface area (Å²) >= 11 is 0. The molecule has 0 fully saturated rings. The molecule has 20 aromatic rings. The minimum absolute atomic E-state index is 1.04. The van der Waals surface area contributed by atoms with Crippen LogP contribution in [0.15, 0.2) is 449 Å². The first kappa shape index (κ1) is 66.6. The number of rotatable bonds is 17. The lowest BCUT2D eigenvalue weighted by Crippen LogP contribution is -2.11. The van der Waals surface area contributed by atoms with E-state index in [1.54, 1.807) is 0 Å². The van der Waals surface area contributed by atoms with Gasteiger partial charge in [-0.3, -0.25) is 0 Å². The van der Waals surface area contributed by atoms with Crippen molar-refractivity contribution >= 4 is 77.5 Å². The predicted molar refractivity (Wildman–Crippen MR) is 473 cm³/mol. The van der Waals surface area contributed by atoms with E-state index in [4.69, 9.17) is 0 Å². The van der Waals surface area contributed by atoms with Gasteiger partial charge in [0.05, 0.1) is 33.8 Å². The zero-order valence-electron chi connectivity index (χ0n) is 61.5. The summed E-state index contributed by atoms with van der Waals surface area (Å²) in [7, 11) is 0. The fraction of sp³-hybridized carbons (Fsp3) is 0. The zero-order chi connectivity index (χ0) is 74.3. The summed E-state index contributed by atoms with van der Waals surface area (Å²) in [6, 6.07) is 164. The second-order valence-corrected chi connectivity index (χ2v) is 28.7. The first-order valence-corrected chi connectivity index (χ1v) is 38.4. The van der Waals surface area contributed by atoms with Crippen LogP contribution < -0.4 is 9.80 Å². The Kier molecular flexibility index (Phi) is 17.3. The molecule has 18 aromatic carbocycles. The number of nitrogens with zero attached hydrogens (tertiary/aromatic N) is 4. The van der Waals surface area contributed by atoms with Gasteiger partial charge in [-0.05, 0) is 210 Å². The standard InChI is InChI=1S/C108H74N4/c1-9-31-75(32-10-1)87-67-88(76-33-11-2-12-34-76)70-95(69-87)109(101-53-29-49-79-39-25-27-51-97(79)101)91-57-61-93(62-58-91)111-103-65-55-85(73-99(103)105(81-41-17-5-18-42-81)107(111)83-45-21-7-22-46-83)86-56-66-104-100(74-86)106(82-43-19-6-20-44-82)108(84-47-23-8-24-48-84)112(104)94-63-59-92(60-64-94)110(102-54-30-50-80-40-26-28-52-98(80)102)96-71-89(77-35-13-3-14-36-77)68-90(72-96)78-37-15-4-16-38-78/h1-74H. The zero-order valence-corrected chi connectivity index (χ0v) is 61.5. The average molecular weight is 1430 g/mol. The molecular weight excluding hydrogens is 1350 g/mol. The molecule has 20 rings (SSSR count). The van der Waals surface area contributed by atoms with Gasteiger partial charge in [-0.25, -0.2) is 0 Å². The molecule has 0 saturated heterocycles. The first-order chi connectivity index (χ1) is 55.6. The SMILES string of the molecule is c1ccc(-c2cc(-c3ccccc3)cc(N(c3ccc(-n4c(-c5ccccc5)c(-c5ccccc5)c5cc(-c6ccc7c(c6)c(-c6ccccc6)c(-c6ccccc6)n7-c6ccc(N(c7cc(-c8ccccc8)cc(-c8ccccc8)c7)c7cccc8ccccc78)cc6)ccc54)cc3)c3cccc4ccccc34)c2)cc1. The molecule has 0 aliphatic carbocycles. The summed E-state index contributed by atoms with van der Waals surface area (Å²) in [5.41, 5.74) is 31.3. The van der Waals surface area contributed by atoms with Gasteiger partial charge in [0.25, 0.3) is 0 Å². The highest BCUT2D eigenvalue weighted by Gasteiger charge is 2.27. The maximum absolute atomic E-state index is 2.49. The third-order valence-corrected chi connectivity index (χ3v) is 22.0. The second-order valence-electron chi connectivity index (χ2n) is 28.7. The topological polar surface area (TPSA) is 16.3 Å². The first-order valence-electron chi connectivity index (χ1n) is 38.4. The van der Waals surface area contributed by atoms with E-state index in [1.807, 2.05) is 0 Å². The monoisotopic (exact) mass is 1430 g/mol. The minimum Gasteiger partial charge on any atom is -0.310 e. The molecule has 0 bridgehead atoms. The van der Waals surface area contributed by atoms with Crippen LogP contribution in [0.3, 0.4) is 0 Å². The Labute approximate surface area is 652 Å². The van der Waals surface area contributed by atoms with Gasteiger partial charge in [-0.1, -0.05) is 328 Å². The minimum atomic E-state index is 1.04. The van der Waals surface area contributed by atoms with Crippen molar-refractivity contribution in [3.8, 4) is 112 Å². The third kappa shape index (κ3) is 12.4. The number of aromatic nitrogens is 2. The van der Waals surface area contributed by atoms with Crippen molar-refractivity contribution in [2.24, 2.45) is 0 Å². The molecule has 2 heterocycles. The van der Waals surface area contributed by atoms with Crippen LogP contribution in [0.2, 0.25) is 0 Å². The van der Waals surface area contributed by atoms with E-state index < -0.39 is 0 Å². The number of fused-ring (bicyclic) bond motifs is 4. The molecule has 0 aliphatic heterocycles. The van der Waals surface area contributed by atoms with Crippen LogP contribution in [0.1, 0.15) is 0 Å². The molecule has 0 radical (unpaired) electrons. The van der Waals surface area contributed by atoms with Crippen LogP contribution in [-0.4, -0.2) is 9.13 Å². The van der Waals surface area contributed by atoms with Crippen molar-refractivity contribution < 1.29 is 0 Å². The third-order valence-electron chi connectivity index (χ3n) is 22.0. The molecule has 0 saturated carbocycles. The number of anilines is 6. The number of benzene rings is 18. The van der Waals surface area contributed by atoms with Crippen LogP contribution in [0, 0.1) is 0 Å². The Morgan fingerprint density at radius 1 is 0.161 bits per heavy atom. The largest absolute Gasteiger partial charge is 0.310 e. The summed E-state index contributed by atoms with van der Waals surface area (Å²) in [4.78, 5) is 4.89. The van der Waals surface area contributed by atoms with E-state index in [-0.39, 0.29) is 0 Å². The van der Waals surface area contributed by atoms with Crippen molar-refractivity contribution in [1.29, 1.82) is 0 Å². The molecule has 4 nitrogen and oxygen atoms in total. The Morgan fingerprint density at radius 2 is 0.438 bits per heavy atom. The van der Waals surface area contributed by atoms with Crippen LogP contribution >= 0.6 is 0 Å². The van der Waals surface area contributed by atoms with Gasteiger partial charge in [0.15, 0.2) is 0 Å². The van der Waals surface area contributed by atoms with Gasteiger partial charge in [-0.2, -0.15) is 0 Å². The van der Waals surface area contributed by atoms with Crippen molar-refractivity contribution in [3.63, 3.8) is 0 Å². The smallest absolute Gasteiger partial charge is 0.0619 e. The Morgan fingerprint density at radius 3 is 0.759 bits per heavy atom. The predicted octanol–water partition coefficient (Wildman–Crippen LogP) is 29.8. The Hall–Kier alpha value is -14.8. The van der Waals surface area contributed by atoms with Gasteiger partial charge < -0.3 is 18.9 Å². The van der Waals surface area contributed by atoms with E-state index in [0.29, 0.717) is 0 Å². The van der Waals surface area contributed by atoms with Crippen molar-refractivity contribution in [1.82, 2.24) is 9.13 Å². The van der Waals surface area contributed by atoms with E-state index in [2.05, 4.69) is 468 Å². The maximum atomic E-state index is 2.49. The van der Waals surface area contributed by atoms with Gasteiger partial charge in [0.1, 0.15) is 0 Å². The lowest BCUT2D eigenvalue weighted by Gasteiger charge is -2.28. The second kappa shape index (κ2) is 29.0. The average Bonchev–Trinajstić information content (AvgIpc) is 1.56. The maximum Gasteiger partial charge on any atom is 0.0619 e. The quantitative estimate of drug-likeness (QED) is 0.0903. The molecule has 2 aromatic heterocycles. The molecule has 0 unspecified atom stereocenters. The molecule has 0 atom stereocenters. The fourth-order valence-electron chi connectivity index (χ4n) is 16.8. The summed E-state index contributed by atoms with van der Waals surface area (Å²) in [5.74, 6) is 0.